The zero-order valence-corrected chi connectivity index (χ0v) is 18.4. The summed E-state index contributed by atoms with van der Waals surface area (Å²) in [6, 6.07) is 12.7. The number of thiazole rings is 1. The number of rotatable bonds is 7. The lowest BCUT2D eigenvalue weighted by atomic mass is 10.2. The molecule has 0 spiro atoms. The predicted octanol–water partition coefficient (Wildman–Crippen LogP) is 3.19. The van der Waals surface area contributed by atoms with Gasteiger partial charge in [0.1, 0.15) is 0 Å². The number of sulfonamides is 1. The number of ether oxygens (including phenoxy) is 1. The third-order valence-corrected chi connectivity index (χ3v) is 7.38. The van der Waals surface area contributed by atoms with Gasteiger partial charge in [-0.3, -0.25) is 15.5 Å². The zero-order valence-electron chi connectivity index (χ0n) is 16.7. The van der Waals surface area contributed by atoms with Crippen LogP contribution in [0.25, 0.3) is 11.3 Å². The van der Waals surface area contributed by atoms with Crippen LogP contribution in [0.15, 0.2) is 63.9 Å². The highest BCUT2D eigenvalue weighted by Gasteiger charge is 2.26. The van der Waals surface area contributed by atoms with Crippen LogP contribution in [-0.4, -0.2) is 55.1 Å². The van der Waals surface area contributed by atoms with E-state index in [0.29, 0.717) is 42.7 Å². The minimum Gasteiger partial charge on any atom is -0.379 e. The van der Waals surface area contributed by atoms with E-state index in [9.17, 15) is 18.5 Å². The van der Waals surface area contributed by atoms with E-state index < -0.39 is 14.9 Å². The van der Waals surface area contributed by atoms with E-state index in [0.717, 1.165) is 5.56 Å². The van der Waals surface area contributed by atoms with Crippen LogP contribution in [0, 0.1) is 10.1 Å². The van der Waals surface area contributed by atoms with E-state index in [1.54, 1.807) is 36.4 Å². The normalized spacial score (nSPS) is 15.1. The van der Waals surface area contributed by atoms with Crippen LogP contribution in [0.2, 0.25) is 0 Å². The molecule has 0 amide bonds. The van der Waals surface area contributed by atoms with Crippen molar-refractivity contribution < 1.29 is 18.1 Å². The molecule has 0 aliphatic carbocycles. The molecule has 2 heterocycles. The third kappa shape index (κ3) is 4.99. The van der Waals surface area contributed by atoms with E-state index in [4.69, 9.17) is 4.74 Å². The molecular weight excluding hydrogens is 454 g/mol. The standard InChI is InChI=1S/C20H19N5O5S2/c26-25(27)17-3-1-2-15(12-17)13-21-23-20-22-19(14-31-20)16-4-6-18(7-5-16)32(28,29)24-8-10-30-11-9-24/h1-7,12-14H,8-11H2,(H,22,23)/b21-13-. The molecule has 0 bridgehead atoms. The monoisotopic (exact) mass is 473 g/mol. The number of hydrazone groups is 1. The van der Waals surface area contributed by atoms with E-state index in [1.165, 1.54) is 34.0 Å². The first-order valence-electron chi connectivity index (χ1n) is 9.61. The molecule has 1 aliphatic heterocycles. The topological polar surface area (TPSA) is 127 Å². The van der Waals surface area contributed by atoms with Crippen LogP contribution in [0.4, 0.5) is 10.8 Å². The van der Waals surface area contributed by atoms with Gasteiger partial charge in [-0.1, -0.05) is 24.3 Å². The van der Waals surface area contributed by atoms with Crippen LogP contribution >= 0.6 is 11.3 Å². The Balaban J connectivity index is 1.42. The van der Waals surface area contributed by atoms with Gasteiger partial charge in [-0.15, -0.1) is 11.3 Å². The Hall–Kier alpha value is -3.19. The number of anilines is 1. The number of nitro groups is 1. The summed E-state index contributed by atoms with van der Waals surface area (Å²) in [6.07, 6.45) is 1.47. The van der Waals surface area contributed by atoms with Gasteiger partial charge in [0.25, 0.3) is 5.69 Å². The number of hydrogen-bond donors (Lipinski definition) is 1. The number of nitrogens with one attached hydrogen (secondary N) is 1. The molecule has 1 saturated heterocycles. The Kier molecular flexibility index (Phi) is 6.55. The second-order valence-corrected chi connectivity index (χ2v) is 9.60. The summed E-state index contributed by atoms with van der Waals surface area (Å²) in [7, 11) is -3.54. The molecule has 10 nitrogen and oxygen atoms in total. The maximum atomic E-state index is 12.7. The lowest BCUT2D eigenvalue weighted by molar-refractivity contribution is -0.384. The molecule has 0 saturated carbocycles. The van der Waals surface area contributed by atoms with Crippen LogP contribution in [-0.2, 0) is 14.8 Å². The molecule has 1 aromatic heterocycles. The van der Waals surface area contributed by atoms with Gasteiger partial charge < -0.3 is 4.74 Å². The molecule has 4 rings (SSSR count). The molecule has 2 aromatic carbocycles. The number of non-ortho nitro benzene ring substituents is 1. The van der Waals surface area contributed by atoms with Gasteiger partial charge in [-0.25, -0.2) is 13.4 Å². The molecule has 1 aliphatic rings. The van der Waals surface area contributed by atoms with Crippen LogP contribution in [0.3, 0.4) is 0 Å². The maximum absolute atomic E-state index is 12.7. The van der Waals surface area contributed by atoms with Crippen molar-refractivity contribution in [3.05, 3.63) is 69.6 Å². The van der Waals surface area contributed by atoms with Gasteiger partial charge in [-0.2, -0.15) is 9.41 Å². The van der Waals surface area contributed by atoms with E-state index in [-0.39, 0.29) is 10.6 Å². The largest absolute Gasteiger partial charge is 0.379 e. The van der Waals surface area contributed by atoms with Gasteiger partial charge >= 0.3 is 0 Å². The van der Waals surface area contributed by atoms with Gasteiger partial charge in [0.05, 0.1) is 34.9 Å². The van der Waals surface area contributed by atoms with Gasteiger partial charge in [-0.05, 0) is 12.1 Å². The number of aromatic nitrogens is 1. The quantitative estimate of drug-likeness (QED) is 0.317. The Morgan fingerprint density at radius 1 is 1.19 bits per heavy atom. The lowest BCUT2D eigenvalue weighted by Gasteiger charge is -2.26. The number of nitro benzene ring substituents is 1. The fourth-order valence-electron chi connectivity index (χ4n) is 3.07. The fraction of sp³-hybridized carbons (Fsp3) is 0.200. The van der Waals surface area contributed by atoms with Crippen LogP contribution in [0.5, 0.6) is 0 Å². The highest BCUT2D eigenvalue weighted by molar-refractivity contribution is 7.89. The molecule has 0 radical (unpaired) electrons. The minimum atomic E-state index is -3.54. The van der Waals surface area contributed by atoms with Crippen LogP contribution < -0.4 is 5.43 Å². The van der Waals surface area contributed by atoms with Gasteiger partial charge in [0.15, 0.2) is 0 Å². The third-order valence-electron chi connectivity index (χ3n) is 4.72. The van der Waals surface area contributed by atoms with E-state index in [1.807, 2.05) is 5.38 Å². The average Bonchev–Trinajstić information content (AvgIpc) is 3.29. The maximum Gasteiger partial charge on any atom is 0.270 e. The van der Waals surface area contributed by atoms with Crippen molar-refractivity contribution in [1.82, 2.24) is 9.29 Å². The van der Waals surface area contributed by atoms with Gasteiger partial charge in [0.2, 0.25) is 15.2 Å². The number of morpholine rings is 1. The Morgan fingerprint density at radius 2 is 1.94 bits per heavy atom. The van der Waals surface area contributed by atoms with E-state index >= 15 is 0 Å². The second kappa shape index (κ2) is 9.53. The Bertz CT molecular complexity index is 1240. The number of nitrogens with zero attached hydrogens (tertiary/aromatic N) is 4. The van der Waals surface area contributed by atoms with Crippen molar-refractivity contribution in [2.75, 3.05) is 31.7 Å². The summed E-state index contributed by atoms with van der Waals surface area (Å²) in [4.78, 5) is 15.1. The second-order valence-electron chi connectivity index (χ2n) is 6.80. The highest BCUT2D eigenvalue weighted by atomic mass is 32.2. The van der Waals surface area contributed by atoms with Crippen molar-refractivity contribution in [2.45, 2.75) is 4.90 Å². The first kappa shape index (κ1) is 22.0. The molecule has 0 unspecified atom stereocenters. The molecule has 1 N–H and O–H groups in total. The molecule has 3 aromatic rings. The summed E-state index contributed by atoms with van der Waals surface area (Å²) in [6.45, 7) is 1.50. The van der Waals surface area contributed by atoms with Crippen molar-refractivity contribution in [1.29, 1.82) is 0 Å². The first-order chi connectivity index (χ1) is 15.4. The SMILES string of the molecule is O=[N+]([O-])c1cccc(/C=N\Nc2nc(-c3ccc(S(=O)(=O)N4CCOCC4)cc3)cs2)c1. The Labute approximate surface area is 188 Å². The molecular formula is C20H19N5O5S2. The van der Waals surface area contributed by atoms with E-state index in [2.05, 4.69) is 15.5 Å². The summed E-state index contributed by atoms with van der Waals surface area (Å²) < 4.78 is 32.1. The highest BCUT2D eigenvalue weighted by Crippen LogP contribution is 2.27. The summed E-state index contributed by atoms with van der Waals surface area (Å²) in [5, 5.41) is 17.3. The number of benzene rings is 2. The molecule has 0 atom stereocenters. The predicted molar refractivity (Wildman–Crippen MR) is 121 cm³/mol. The summed E-state index contributed by atoms with van der Waals surface area (Å²) in [5.74, 6) is 0. The molecule has 12 heteroatoms. The van der Waals surface area contributed by atoms with Crippen molar-refractivity contribution >= 4 is 38.4 Å². The van der Waals surface area contributed by atoms with Crippen molar-refractivity contribution in [2.24, 2.45) is 5.10 Å². The fourth-order valence-corrected chi connectivity index (χ4v) is 5.15. The summed E-state index contributed by atoms with van der Waals surface area (Å²) >= 11 is 1.34. The molecule has 1 fully saturated rings. The smallest absolute Gasteiger partial charge is 0.270 e. The number of hydrogen-bond acceptors (Lipinski definition) is 9. The average molecular weight is 474 g/mol. The summed E-state index contributed by atoms with van der Waals surface area (Å²) in [5.41, 5.74) is 4.83. The first-order valence-corrected chi connectivity index (χ1v) is 11.9. The zero-order chi connectivity index (χ0) is 22.6. The molecule has 32 heavy (non-hydrogen) atoms. The van der Waals surface area contributed by atoms with Crippen molar-refractivity contribution in [3.8, 4) is 11.3 Å². The van der Waals surface area contributed by atoms with Crippen molar-refractivity contribution in [3.63, 3.8) is 0 Å². The molecule has 166 valence electrons. The minimum absolute atomic E-state index is 0.00966. The lowest BCUT2D eigenvalue weighted by Crippen LogP contribution is -2.40. The Morgan fingerprint density at radius 3 is 2.66 bits per heavy atom. The van der Waals surface area contributed by atoms with Gasteiger partial charge in [0, 0.05) is 41.7 Å². The van der Waals surface area contributed by atoms with Crippen LogP contribution in [0.1, 0.15) is 5.56 Å².